The van der Waals surface area contributed by atoms with Crippen LogP contribution in [0, 0.1) is 13.8 Å². The Bertz CT molecular complexity index is 832. The first kappa shape index (κ1) is 19.0. The number of aryl methyl sites for hydroxylation is 2. The molecule has 1 aliphatic rings. The zero-order valence-corrected chi connectivity index (χ0v) is 16.2. The highest BCUT2D eigenvalue weighted by Gasteiger charge is 2.19. The molecule has 7 nitrogen and oxygen atoms in total. The van der Waals surface area contributed by atoms with E-state index in [2.05, 4.69) is 32.1 Å². The molecule has 142 valence electrons. The predicted molar refractivity (Wildman–Crippen MR) is 106 cm³/mol. The first-order valence-electron chi connectivity index (χ1n) is 9.06. The minimum absolute atomic E-state index is 0.0263. The molecule has 1 saturated heterocycles. The fraction of sp³-hybridized carbons (Fsp3) is 0.400. The molecule has 1 aliphatic heterocycles. The third-order valence-corrected chi connectivity index (χ3v) is 4.84. The fourth-order valence-electron chi connectivity index (χ4n) is 3.07. The van der Waals surface area contributed by atoms with Crippen LogP contribution in [0.3, 0.4) is 0 Å². The van der Waals surface area contributed by atoms with Gasteiger partial charge in [0.2, 0.25) is 5.95 Å². The van der Waals surface area contributed by atoms with Crippen LogP contribution >= 0.6 is 0 Å². The first-order valence-corrected chi connectivity index (χ1v) is 9.06. The molecular formula is C20H25N5O2. The summed E-state index contributed by atoms with van der Waals surface area (Å²) in [7, 11) is 2.11. The monoisotopic (exact) mass is 367 g/mol. The lowest BCUT2D eigenvalue weighted by atomic mass is 10.1. The number of anilines is 2. The Morgan fingerprint density at radius 1 is 0.926 bits per heavy atom. The Hall–Kier alpha value is -2.80. The van der Waals surface area contributed by atoms with Gasteiger partial charge < -0.3 is 15.1 Å². The van der Waals surface area contributed by atoms with Gasteiger partial charge >= 0.3 is 0 Å². The summed E-state index contributed by atoms with van der Waals surface area (Å²) in [6.45, 7) is 9.01. The maximum atomic E-state index is 12.6. The van der Waals surface area contributed by atoms with Crippen LogP contribution in [0.4, 0.5) is 11.6 Å². The van der Waals surface area contributed by atoms with Crippen LogP contribution in [0.15, 0.2) is 24.3 Å². The van der Waals surface area contributed by atoms with Gasteiger partial charge in [-0.3, -0.25) is 9.59 Å². The normalized spacial score (nSPS) is 14.9. The zero-order valence-electron chi connectivity index (χ0n) is 16.2. The topological polar surface area (TPSA) is 78.4 Å². The van der Waals surface area contributed by atoms with E-state index in [1.807, 2.05) is 13.8 Å². The van der Waals surface area contributed by atoms with Gasteiger partial charge in [0.25, 0.3) is 5.91 Å². The Balaban J connectivity index is 1.76. The molecule has 2 heterocycles. The summed E-state index contributed by atoms with van der Waals surface area (Å²) in [5.74, 6) is 0.440. The maximum absolute atomic E-state index is 12.6. The Labute approximate surface area is 159 Å². The molecule has 1 aromatic carbocycles. The van der Waals surface area contributed by atoms with Crippen LogP contribution in [-0.2, 0) is 0 Å². The summed E-state index contributed by atoms with van der Waals surface area (Å²) in [6.07, 6.45) is 0. The van der Waals surface area contributed by atoms with E-state index in [4.69, 9.17) is 0 Å². The number of likely N-dealkylation sites (N-methyl/N-ethyl adjacent to an activating group) is 1. The number of Topliss-reactive ketones (excluding diaryl/α,β-unsaturated/α-hetero) is 1. The SMILES string of the molecule is CC(=O)c1ccc(C(=O)Nc2c(C)nc(N3CCN(C)CC3)nc2C)cc1. The summed E-state index contributed by atoms with van der Waals surface area (Å²) in [6, 6.07) is 6.61. The second kappa shape index (κ2) is 7.84. The number of hydrogen-bond donors (Lipinski definition) is 1. The molecule has 3 rings (SSSR count). The summed E-state index contributed by atoms with van der Waals surface area (Å²) in [4.78, 5) is 37.6. The van der Waals surface area contributed by atoms with Gasteiger partial charge in [0.15, 0.2) is 5.78 Å². The van der Waals surface area contributed by atoms with E-state index < -0.39 is 0 Å². The highest BCUT2D eigenvalue weighted by atomic mass is 16.1. The molecule has 0 atom stereocenters. The van der Waals surface area contributed by atoms with Crippen molar-refractivity contribution in [2.75, 3.05) is 43.4 Å². The number of hydrogen-bond acceptors (Lipinski definition) is 6. The molecule has 0 bridgehead atoms. The minimum Gasteiger partial charge on any atom is -0.338 e. The summed E-state index contributed by atoms with van der Waals surface area (Å²) >= 11 is 0. The zero-order chi connectivity index (χ0) is 19.6. The molecule has 7 heteroatoms. The number of aromatic nitrogens is 2. The average Bonchev–Trinajstić information content (AvgIpc) is 2.65. The molecule has 1 N–H and O–H groups in total. The smallest absolute Gasteiger partial charge is 0.255 e. The van der Waals surface area contributed by atoms with Crippen molar-refractivity contribution in [1.82, 2.24) is 14.9 Å². The lowest BCUT2D eigenvalue weighted by Crippen LogP contribution is -2.45. The Kier molecular flexibility index (Phi) is 5.51. The Morgan fingerprint density at radius 3 is 1.96 bits per heavy atom. The van der Waals surface area contributed by atoms with Crippen LogP contribution in [-0.4, -0.2) is 59.8 Å². The van der Waals surface area contributed by atoms with Gasteiger partial charge in [-0.1, -0.05) is 12.1 Å². The molecule has 0 spiro atoms. The number of rotatable bonds is 4. The third kappa shape index (κ3) is 4.31. The fourth-order valence-corrected chi connectivity index (χ4v) is 3.07. The Morgan fingerprint density at radius 2 is 1.44 bits per heavy atom. The third-order valence-electron chi connectivity index (χ3n) is 4.84. The van der Waals surface area contributed by atoms with Crippen LogP contribution in [0.2, 0.25) is 0 Å². The minimum atomic E-state index is -0.243. The molecule has 0 saturated carbocycles. The van der Waals surface area contributed by atoms with Crippen molar-refractivity contribution < 1.29 is 9.59 Å². The molecule has 1 fully saturated rings. The van der Waals surface area contributed by atoms with Gasteiger partial charge in [-0.25, -0.2) is 9.97 Å². The molecule has 0 unspecified atom stereocenters. The lowest BCUT2D eigenvalue weighted by molar-refractivity contribution is 0.100. The quantitative estimate of drug-likeness (QED) is 0.836. The van der Waals surface area contributed by atoms with Crippen LogP contribution in [0.1, 0.15) is 39.0 Å². The number of amides is 1. The number of carbonyl (C=O) groups is 2. The molecule has 27 heavy (non-hydrogen) atoms. The molecule has 1 amide bonds. The van der Waals surface area contributed by atoms with Crippen LogP contribution in [0.5, 0.6) is 0 Å². The standard InChI is InChI=1S/C20H25N5O2/c1-13-18(23-19(27)17-7-5-16(6-8-17)15(3)26)14(2)22-20(21-13)25-11-9-24(4)10-12-25/h5-8H,9-12H2,1-4H3,(H,23,27). The van der Waals surface area contributed by atoms with Gasteiger partial charge in [-0.15, -0.1) is 0 Å². The van der Waals surface area contributed by atoms with Crippen molar-refractivity contribution in [3.8, 4) is 0 Å². The molecule has 0 radical (unpaired) electrons. The van der Waals surface area contributed by atoms with E-state index >= 15 is 0 Å². The highest BCUT2D eigenvalue weighted by molar-refractivity contribution is 6.05. The molecule has 0 aliphatic carbocycles. The number of nitrogens with one attached hydrogen (secondary N) is 1. The average molecular weight is 367 g/mol. The molecule has 1 aromatic heterocycles. The second-order valence-corrected chi connectivity index (χ2v) is 6.95. The first-order chi connectivity index (χ1) is 12.8. The second-order valence-electron chi connectivity index (χ2n) is 6.95. The van der Waals surface area contributed by atoms with Crippen molar-refractivity contribution >= 4 is 23.3 Å². The maximum Gasteiger partial charge on any atom is 0.255 e. The molecular weight excluding hydrogens is 342 g/mol. The van der Waals surface area contributed by atoms with E-state index in [-0.39, 0.29) is 11.7 Å². The summed E-state index contributed by atoms with van der Waals surface area (Å²) < 4.78 is 0. The van der Waals surface area contributed by atoms with Gasteiger partial charge in [-0.05, 0) is 40.0 Å². The van der Waals surface area contributed by atoms with Crippen molar-refractivity contribution in [2.24, 2.45) is 0 Å². The van der Waals surface area contributed by atoms with Crippen LogP contribution < -0.4 is 10.2 Å². The van der Waals surface area contributed by atoms with Crippen LogP contribution in [0.25, 0.3) is 0 Å². The van der Waals surface area contributed by atoms with Crippen molar-refractivity contribution in [2.45, 2.75) is 20.8 Å². The van der Waals surface area contributed by atoms with Crippen molar-refractivity contribution in [3.05, 3.63) is 46.8 Å². The van der Waals surface area contributed by atoms with Gasteiger partial charge in [0, 0.05) is 37.3 Å². The van der Waals surface area contributed by atoms with E-state index in [0.717, 1.165) is 37.6 Å². The number of nitrogens with zero attached hydrogens (tertiary/aromatic N) is 4. The molecule has 2 aromatic rings. The number of piperazine rings is 1. The van der Waals surface area contributed by atoms with Crippen molar-refractivity contribution in [1.29, 1.82) is 0 Å². The summed E-state index contributed by atoms with van der Waals surface area (Å²) in [5, 5.41) is 2.91. The van der Waals surface area contributed by atoms with E-state index in [0.29, 0.717) is 22.8 Å². The number of benzene rings is 1. The van der Waals surface area contributed by atoms with Gasteiger partial charge in [-0.2, -0.15) is 0 Å². The largest absolute Gasteiger partial charge is 0.338 e. The number of ketones is 1. The van der Waals surface area contributed by atoms with Gasteiger partial charge in [0.05, 0.1) is 17.1 Å². The predicted octanol–water partition coefficient (Wildman–Crippen LogP) is 2.30. The highest BCUT2D eigenvalue weighted by Crippen LogP contribution is 2.22. The lowest BCUT2D eigenvalue weighted by Gasteiger charge is -2.32. The van der Waals surface area contributed by atoms with E-state index in [9.17, 15) is 9.59 Å². The van der Waals surface area contributed by atoms with E-state index in [1.165, 1.54) is 6.92 Å². The van der Waals surface area contributed by atoms with Crippen molar-refractivity contribution in [3.63, 3.8) is 0 Å². The number of carbonyl (C=O) groups excluding carboxylic acids is 2. The van der Waals surface area contributed by atoms with E-state index in [1.54, 1.807) is 24.3 Å². The summed E-state index contributed by atoms with van der Waals surface area (Å²) in [5.41, 5.74) is 3.18. The van der Waals surface area contributed by atoms with Gasteiger partial charge in [0.1, 0.15) is 0 Å².